The Labute approximate surface area is 233 Å². The maximum atomic E-state index is 14.1. The average molecular weight is 542 g/mol. The van der Waals surface area contributed by atoms with Crippen LogP contribution in [0.1, 0.15) is 38.7 Å². The molecule has 0 radical (unpaired) electrons. The lowest BCUT2D eigenvalue weighted by Crippen LogP contribution is -2.55. The van der Waals surface area contributed by atoms with Crippen LogP contribution in [0.25, 0.3) is 10.8 Å². The van der Waals surface area contributed by atoms with Crippen LogP contribution in [0.4, 0.5) is 5.69 Å². The first-order valence-electron chi connectivity index (χ1n) is 14.1. The van der Waals surface area contributed by atoms with Gasteiger partial charge >= 0.3 is 0 Å². The summed E-state index contributed by atoms with van der Waals surface area (Å²) in [4.78, 5) is 43.4. The summed E-state index contributed by atoms with van der Waals surface area (Å²) < 4.78 is 6.78. The Morgan fingerprint density at radius 1 is 1.02 bits per heavy atom. The van der Waals surface area contributed by atoms with Gasteiger partial charge < -0.3 is 25.4 Å². The zero-order valence-corrected chi connectivity index (χ0v) is 22.8. The van der Waals surface area contributed by atoms with Gasteiger partial charge in [-0.15, -0.1) is 0 Å². The predicted octanol–water partition coefficient (Wildman–Crippen LogP) is 3.63. The van der Waals surface area contributed by atoms with Gasteiger partial charge in [-0.05, 0) is 54.7 Å². The van der Waals surface area contributed by atoms with Crippen molar-refractivity contribution in [3.05, 3.63) is 78.4 Å². The van der Waals surface area contributed by atoms with E-state index >= 15 is 0 Å². The van der Waals surface area contributed by atoms with E-state index in [4.69, 9.17) is 4.74 Å². The van der Waals surface area contributed by atoms with Crippen LogP contribution in [0, 0.1) is 11.8 Å². The number of hydrogen-bond donors (Lipinski definition) is 3. The number of rotatable bonds is 8. The molecule has 208 valence electrons. The van der Waals surface area contributed by atoms with Gasteiger partial charge in [0.1, 0.15) is 11.6 Å². The average Bonchev–Trinajstić information content (AvgIpc) is 3.59. The molecule has 8 nitrogen and oxygen atoms in total. The fourth-order valence-corrected chi connectivity index (χ4v) is 7.29. The number of nitrogens with zero attached hydrogens (tertiary/aromatic N) is 1. The Hall–Kier alpha value is -3.75. The second-order valence-corrected chi connectivity index (χ2v) is 11.4. The molecule has 3 N–H and O–H groups in total. The number of hydrogen-bond acceptors (Lipinski definition) is 5. The fourth-order valence-electron chi connectivity index (χ4n) is 7.29. The quantitative estimate of drug-likeness (QED) is 0.404. The first-order chi connectivity index (χ1) is 19.3. The number of likely N-dealkylation sites (tertiary alicyclic amines) is 1. The van der Waals surface area contributed by atoms with Gasteiger partial charge in [0.15, 0.2) is 0 Å². The highest BCUT2D eigenvalue weighted by Gasteiger charge is 2.78. The number of carbonyl (C=O) groups is 3. The van der Waals surface area contributed by atoms with Crippen molar-refractivity contribution in [2.75, 3.05) is 11.9 Å². The number of benzene rings is 3. The minimum Gasteiger partial charge on any atom is -0.394 e. The Morgan fingerprint density at radius 2 is 1.75 bits per heavy atom. The van der Waals surface area contributed by atoms with Crippen molar-refractivity contribution in [3.8, 4) is 0 Å². The molecular formula is C32H35N3O5. The smallest absolute Gasteiger partial charge is 0.250 e. The topological polar surface area (TPSA) is 108 Å². The molecule has 0 saturated carbocycles. The summed E-state index contributed by atoms with van der Waals surface area (Å²) in [6.45, 7) is 3.73. The van der Waals surface area contributed by atoms with Crippen molar-refractivity contribution in [2.45, 2.75) is 62.9 Å². The third-order valence-corrected chi connectivity index (χ3v) is 9.22. The largest absolute Gasteiger partial charge is 0.394 e. The van der Waals surface area contributed by atoms with Gasteiger partial charge in [-0.3, -0.25) is 14.4 Å². The number of fused-ring (bicyclic) bond motifs is 2. The van der Waals surface area contributed by atoms with Crippen LogP contribution in [-0.2, 0) is 25.7 Å². The molecule has 3 aromatic carbocycles. The molecule has 3 fully saturated rings. The summed E-state index contributed by atoms with van der Waals surface area (Å²) in [6, 6.07) is 21.6. The number of aliphatic hydroxyl groups excluding tert-OH is 1. The molecule has 8 heteroatoms. The van der Waals surface area contributed by atoms with Gasteiger partial charge in [-0.2, -0.15) is 0 Å². The maximum Gasteiger partial charge on any atom is 0.250 e. The molecule has 3 aliphatic heterocycles. The molecule has 3 aliphatic rings. The highest BCUT2D eigenvalue weighted by atomic mass is 16.5. The molecule has 0 aromatic heterocycles. The lowest BCUT2D eigenvalue weighted by molar-refractivity contribution is -0.148. The molecule has 6 atom stereocenters. The third-order valence-electron chi connectivity index (χ3n) is 9.22. The van der Waals surface area contributed by atoms with Crippen molar-refractivity contribution >= 4 is 34.2 Å². The maximum absolute atomic E-state index is 14.1. The van der Waals surface area contributed by atoms with Gasteiger partial charge in [0.05, 0.1) is 30.1 Å². The standard InChI is InChI=1S/C32H35N3O5/c1-3-31-15-16-32(40-31)26(25(31)28(37)33-18-21-9-5-4-6-10-21)30(39)35(20(2)19-36)27(32)29(38)34-24-14-13-22-11-7-8-12-23(22)17-24/h4-14,17,20,25-27,36H,3,15-16,18-19H2,1-2H3,(H,33,37)(H,34,38)/t20-,25+,26+,27?,31-,32?/m1/s1. The Morgan fingerprint density at radius 3 is 2.48 bits per heavy atom. The third kappa shape index (κ3) is 4.00. The molecule has 6 rings (SSSR count). The number of ether oxygens (including phenoxy) is 1. The SMILES string of the molecule is CC[C@]12CCC3(O1)C(C(=O)Nc1ccc4ccccc4c1)N([C@H](C)CO)C(=O)[C@@H]3[C@H]2C(=O)NCc1ccccc1. The first-order valence-corrected chi connectivity index (χ1v) is 14.1. The van der Waals surface area contributed by atoms with Crippen molar-refractivity contribution in [3.63, 3.8) is 0 Å². The first kappa shape index (κ1) is 26.5. The van der Waals surface area contributed by atoms with E-state index in [1.807, 2.05) is 79.7 Å². The monoisotopic (exact) mass is 541 g/mol. The summed E-state index contributed by atoms with van der Waals surface area (Å²) >= 11 is 0. The van der Waals surface area contributed by atoms with Crippen molar-refractivity contribution in [1.82, 2.24) is 10.2 Å². The summed E-state index contributed by atoms with van der Waals surface area (Å²) in [5.41, 5.74) is -0.396. The summed E-state index contributed by atoms with van der Waals surface area (Å²) in [5.74, 6) is -2.45. The van der Waals surface area contributed by atoms with Crippen LogP contribution in [0.5, 0.6) is 0 Å². The highest BCUT2D eigenvalue weighted by Crippen LogP contribution is 2.64. The Balaban J connectivity index is 1.34. The summed E-state index contributed by atoms with van der Waals surface area (Å²) in [6.07, 6.45) is 1.62. The fraction of sp³-hybridized carbons (Fsp3) is 0.406. The van der Waals surface area contributed by atoms with Crippen LogP contribution < -0.4 is 10.6 Å². The highest BCUT2D eigenvalue weighted by molar-refractivity contribution is 6.04. The molecule has 2 unspecified atom stereocenters. The van der Waals surface area contributed by atoms with E-state index in [-0.39, 0.29) is 24.3 Å². The second-order valence-electron chi connectivity index (χ2n) is 11.4. The molecule has 3 aromatic rings. The van der Waals surface area contributed by atoms with E-state index in [1.54, 1.807) is 6.92 Å². The zero-order chi connectivity index (χ0) is 28.1. The number of carbonyl (C=O) groups excluding carboxylic acids is 3. The molecule has 2 bridgehead atoms. The Bertz CT molecular complexity index is 1460. The van der Waals surface area contributed by atoms with Crippen LogP contribution in [0.2, 0.25) is 0 Å². The van der Waals surface area contributed by atoms with E-state index in [2.05, 4.69) is 10.6 Å². The van der Waals surface area contributed by atoms with Crippen molar-refractivity contribution in [2.24, 2.45) is 11.8 Å². The minimum atomic E-state index is -1.15. The minimum absolute atomic E-state index is 0.238. The molecule has 3 amide bonds. The van der Waals surface area contributed by atoms with Gasteiger partial charge in [-0.1, -0.05) is 67.6 Å². The Kier molecular flexibility index (Phi) is 6.63. The molecular weight excluding hydrogens is 506 g/mol. The van der Waals surface area contributed by atoms with E-state index in [1.165, 1.54) is 4.90 Å². The number of aliphatic hydroxyl groups is 1. The number of amides is 3. The van der Waals surface area contributed by atoms with Crippen LogP contribution >= 0.6 is 0 Å². The number of anilines is 1. The van der Waals surface area contributed by atoms with Crippen molar-refractivity contribution < 1.29 is 24.2 Å². The normalized spacial score (nSPS) is 29.4. The van der Waals surface area contributed by atoms with E-state index in [9.17, 15) is 19.5 Å². The van der Waals surface area contributed by atoms with Crippen LogP contribution in [-0.4, -0.2) is 57.6 Å². The van der Waals surface area contributed by atoms with E-state index in [0.29, 0.717) is 31.5 Å². The molecule has 0 aliphatic carbocycles. The van der Waals surface area contributed by atoms with Gasteiger partial charge in [0.25, 0.3) is 0 Å². The lowest BCUT2D eigenvalue weighted by Gasteiger charge is -2.36. The van der Waals surface area contributed by atoms with Gasteiger partial charge in [0, 0.05) is 12.2 Å². The van der Waals surface area contributed by atoms with Crippen molar-refractivity contribution in [1.29, 1.82) is 0 Å². The summed E-state index contributed by atoms with van der Waals surface area (Å²) in [7, 11) is 0. The summed E-state index contributed by atoms with van der Waals surface area (Å²) in [5, 5.41) is 18.2. The van der Waals surface area contributed by atoms with Crippen LogP contribution in [0.15, 0.2) is 72.8 Å². The molecule has 40 heavy (non-hydrogen) atoms. The van der Waals surface area contributed by atoms with Gasteiger partial charge in [-0.25, -0.2) is 0 Å². The predicted molar refractivity (Wildman–Crippen MR) is 151 cm³/mol. The van der Waals surface area contributed by atoms with Crippen LogP contribution in [0.3, 0.4) is 0 Å². The molecule has 3 saturated heterocycles. The second kappa shape index (κ2) is 10.0. The zero-order valence-electron chi connectivity index (χ0n) is 22.8. The van der Waals surface area contributed by atoms with E-state index < -0.39 is 35.1 Å². The number of nitrogens with one attached hydrogen (secondary N) is 2. The lowest BCUT2D eigenvalue weighted by atomic mass is 9.65. The van der Waals surface area contributed by atoms with E-state index in [0.717, 1.165) is 16.3 Å². The molecule has 3 heterocycles. The molecule has 1 spiro atoms. The van der Waals surface area contributed by atoms with Gasteiger partial charge in [0.2, 0.25) is 17.7 Å².